The summed E-state index contributed by atoms with van der Waals surface area (Å²) >= 11 is 1.18. The highest BCUT2D eigenvalue weighted by atomic mass is 32.2. The number of carbonyl (C=O) groups is 3. The standard InChI is InChI=1S/C11H18N2O4S/c1-2-3-4-8(10(15)16)12-9(14)7-13-5-6-18-11(13)17/h8H,2-7H2,1H3,(H,12,14)(H,15,16)/t8-/m0/s1. The maximum Gasteiger partial charge on any atom is 0.326 e. The molecule has 2 amide bonds. The van der Waals surface area contributed by atoms with Crippen LogP contribution in [0.4, 0.5) is 4.79 Å². The van der Waals surface area contributed by atoms with E-state index < -0.39 is 17.9 Å². The Morgan fingerprint density at radius 3 is 2.78 bits per heavy atom. The summed E-state index contributed by atoms with van der Waals surface area (Å²) in [5.41, 5.74) is 0. The molecule has 102 valence electrons. The molecule has 1 rings (SSSR count). The topological polar surface area (TPSA) is 86.7 Å². The van der Waals surface area contributed by atoms with Crippen LogP contribution in [0.3, 0.4) is 0 Å². The molecule has 7 heteroatoms. The predicted molar refractivity (Wildman–Crippen MR) is 68.5 cm³/mol. The van der Waals surface area contributed by atoms with E-state index in [9.17, 15) is 14.4 Å². The van der Waals surface area contributed by atoms with Crippen molar-refractivity contribution in [2.75, 3.05) is 18.8 Å². The van der Waals surface area contributed by atoms with Crippen molar-refractivity contribution >= 4 is 28.9 Å². The first-order valence-electron chi connectivity index (χ1n) is 5.98. The molecule has 1 aliphatic heterocycles. The van der Waals surface area contributed by atoms with Gasteiger partial charge in [-0.25, -0.2) is 4.79 Å². The highest BCUT2D eigenvalue weighted by Crippen LogP contribution is 2.16. The normalized spacial score (nSPS) is 16.7. The number of carbonyl (C=O) groups excluding carboxylic acids is 2. The molecule has 0 aromatic heterocycles. The fourth-order valence-corrected chi connectivity index (χ4v) is 2.47. The van der Waals surface area contributed by atoms with Gasteiger partial charge in [-0.05, 0) is 6.42 Å². The SMILES string of the molecule is CCCC[C@H](NC(=O)CN1CCSC1=O)C(=O)O. The smallest absolute Gasteiger partial charge is 0.326 e. The van der Waals surface area contributed by atoms with E-state index >= 15 is 0 Å². The van der Waals surface area contributed by atoms with E-state index in [2.05, 4.69) is 5.32 Å². The molecule has 0 saturated carbocycles. The largest absolute Gasteiger partial charge is 0.480 e. The zero-order valence-corrected chi connectivity index (χ0v) is 11.2. The number of hydrogen-bond donors (Lipinski definition) is 2. The Balaban J connectivity index is 2.40. The lowest BCUT2D eigenvalue weighted by atomic mass is 10.1. The van der Waals surface area contributed by atoms with E-state index in [1.165, 1.54) is 16.7 Å². The van der Waals surface area contributed by atoms with E-state index in [0.29, 0.717) is 18.7 Å². The lowest BCUT2D eigenvalue weighted by Gasteiger charge is -2.17. The molecular formula is C11H18N2O4S. The highest BCUT2D eigenvalue weighted by Gasteiger charge is 2.25. The van der Waals surface area contributed by atoms with Gasteiger partial charge in [0.25, 0.3) is 5.24 Å². The number of thioether (sulfide) groups is 1. The number of amides is 2. The average Bonchev–Trinajstić information content (AvgIpc) is 2.70. The van der Waals surface area contributed by atoms with E-state index in [-0.39, 0.29) is 11.8 Å². The summed E-state index contributed by atoms with van der Waals surface area (Å²) in [6.07, 6.45) is 2.04. The van der Waals surface area contributed by atoms with E-state index in [1.54, 1.807) is 0 Å². The maximum absolute atomic E-state index is 11.6. The summed E-state index contributed by atoms with van der Waals surface area (Å²) in [5.74, 6) is -0.752. The number of unbranched alkanes of at least 4 members (excludes halogenated alkanes) is 1. The quantitative estimate of drug-likeness (QED) is 0.720. The number of carboxylic acid groups (broad SMARTS) is 1. The Bertz CT molecular complexity index is 335. The van der Waals surface area contributed by atoms with Crippen LogP contribution in [0.1, 0.15) is 26.2 Å². The van der Waals surface area contributed by atoms with Crippen molar-refractivity contribution in [3.05, 3.63) is 0 Å². The molecule has 1 aliphatic rings. The van der Waals surface area contributed by atoms with Crippen molar-refractivity contribution in [3.63, 3.8) is 0 Å². The van der Waals surface area contributed by atoms with Gasteiger partial charge in [-0.3, -0.25) is 9.59 Å². The number of aliphatic carboxylic acids is 1. The number of carboxylic acids is 1. The second-order valence-corrected chi connectivity index (χ2v) is 5.18. The molecule has 0 aliphatic carbocycles. The van der Waals surface area contributed by atoms with Gasteiger partial charge in [0.15, 0.2) is 0 Å². The Labute approximate surface area is 110 Å². The van der Waals surface area contributed by atoms with Crippen molar-refractivity contribution in [2.24, 2.45) is 0 Å². The molecule has 18 heavy (non-hydrogen) atoms. The van der Waals surface area contributed by atoms with Crippen LogP contribution in [-0.2, 0) is 9.59 Å². The van der Waals surface area contributed by atoms with Gasteiger partial charge in [-0.15, -0.1) is 0 Å². The molecule has 6 nitrogen and oxygen atoms in total. The molecule has 2 N–H and O–H groups in total. The van der Waals surface area contributed by atoms with Crippen LogP contribution >= 0.6 is 11.8 Å². The van der Waals surface area contributed by atoms with Gasteiger partial charge in [0.2, 0.25) is 5.91 Å². The van der Waals surface area contributed by atoms with Gasteiger partial charge < -0.3 is 15.3 Å². The summed E-state index contributed by atoms with van der Waals surface area (Å²) in [5, 5.41) is 11.3. The average molecular weight is 274 g/mol. The van der Waals surface area contributed by atoms with Crippen molar-refractivity contribution in [1.29, 1.82) is 0 Å². The summed E-state index contributed by atoms with van der Waals surface area (Å²) in [7, 11) is 0. The van der Waals surface area contributed by atoms with Crippen molar-refractivity contribution < 1.29 is 19.5 Å². The van der Waals surface area contributed by atoms with Crippen LogP contribution in [0.25, 0.3) is 0 Å². The fraction of sp³-hybridized carbons (Fsp3) is 0.727. The number of nitrogens with one attached hydrogen (secondary N) is 1. The predicted octanol–water partition coefficient (Wildman–Crippen LogP) is 0.915. The van der Waals surface area contributed by atoms with Crippen LogP contribution in [-0.4, -0.2) is 52.0 Å². The van der Waals surface area contributed by atoms with E-state index in [4.69, 9.17) is 5.11 Å². The van der Waals surface area contributed by atoms with E-state index in [1.807, 2.05) is 6.92 Å². The van der Waals surface area contributed by atoms with Crippen LogP contribution in [0.2, 0.25) is 0 Å². The zero-order valence-electron chi connectivity index (χ0n) is 10.3. The molecule has 1 saturated heterocycles. The van der Waals surface area contributed by atoms with Gasteiger partial charge in [-0.2, -0.15) is 0 Å². The minimum Gasteiger partial charge on any atom is -0.480 e. The monoisotopic (exact) mass is 274 g/mol. The summed E-state index contributed by atoms with van der Waals surface area (Å²) in [6, 6.07) is -0.859. The first kappa shape index (κ1) is 14.8. The molecular weight excluding hydrogens is 256 g/mol. The number of rotatable bonds is 7. The van der Waals surface area contributed by atoms with Crippen molar-refractivity contribution in [3.8, 4) is 0 Å². The molecule has 0 spiro atoms. The molecule has 0 radical (unpaired) electrons. The van der Waals surface area contributed by atoms with E-state index in [0.717, 1.165) is 12.8 Å². The van der Waals surface area contributed by atoms with Crippen LogP contribution < -0.4 is 5.32 Å². The first-order valence-corrected chi connectivity index (χ1v) is 6.97. The molecule has 0 bridgehead atoms. The van der Waals surface area contributed by atoms with Gasteiger partial charge in [-0.1, -0.05) is 31.5 Å². The Morgan fingerprint density at radius 2 is 2.28 bits per heavy atom. The third-order valence-corrected chi connectivity index (χ3v) is 3.55. The third kappa shape index (κ3) is 4.56. The van der Waals surface area contributed by atoms with Gasteiger partial charge in [0.05, 0.1) is 0 Å². The molecule has 0 aromatic rings. The Kier molecular flexibility index (Phi) is 5.97. The lowest BCUT2D eigenvalue weighted by Crippen LogP contribution is -2.45. The lowest BCUT2D eigenvalue weighted by molar-refractivity contribution is -0.142. The molecule has 1 fully saturated rings. The zero-order chi connectivity index (χ0) is 13.5. The van der Waals surface area contributed by atoms with Gasteiger partial charge in [0.1, 0.15) is 12.6 Å². The van der Waals surface area contributed by atoms with Crippen molar-refractivity contribution in [2.45, 2.75) is 32.2 Å². The summed E-state index contributed by atoms with van der Waals surface area (Å²) in [6.45, 7) is 2.45. The Hall–Kier alpha value is -1.24. The molecule has 0 unspecified atom stereocenters. The van der Waals surface area contributed by atoms with Crippen molar-refractivity contribution in [1.82, 2.24) is 10.2 Å². The van der Waals surface area contributed by atoms with Crippen LogP contribution in [0, 0.1) is 0 Å². The minimum atomic E-state index is -1.03. The maximum atomic E-state index is 11.6. The molecule has 1 atom stereocenters. The third-order valence-electron chi connectivity index (χ3n) is 2.66. The summed E-state index contributed by atoms with van der Waals surface area (Å²) < 4.78 is 0. The second kappa shape index (κ2) is 7.25. The fourth-order valence-electron chi connectivity index (χ4n) is 1.65. The first-order chi connectivity index (χ1) is 8.54. The van der Waals surface area contributed by atoms with Gasteiger partial charge >= 0.3 is 5.97 Å². The highest BCUT2D eigenvalue weighted by molar-refractivity contribution is 8.13. The van der Waals surface area contributed by atoms with Gasteiger partial charge in [0, 0.05) is 12.3 Å². The number of hydrogen-bond acceptors (Lipinski definition) is 4. The molecule has 1 heterocycles. The Morgan fingerprint density at radius 1 is 1.56 bits per heavy atom. The van der Waals surface area contributed by atoms with Crippen LogP contribution in [0.15, 0.2) is 0 Å². The molecule has 0 aromatic carbocycles. The second-order valence-electron chi connectivity index (χ2n) is 4.14. The number of nitrogens with zero attached hydrogens (tertiary/aromatic N) is 1. The summed E-state index contributed by atoms with van der Waals surface area (Å²) in [4.78, 5) is 35.3. The van der Waals surface area contributed by atoms with Crippen LogP contribution in [0.5, 0.6) is 0 Å². The minimum absolute atomic E-state index is 0.0538.